The summed E-state index contributed by atoms with van der Waals surface area (Å²) in [6, 6.07) is 11.2. The third-order valence-electron chi connectivity index (χ3n) is 3.75. The van der Waals surface area contributed by atoms with Gasteiger partial charge in [-0.15, -0.1) is 0 Å². The molecular weight excluding hydrogens is 252 g/mol. The van der Waals surface area contributed by atoms with E-state index >= 15 is 0 Å². The number of aromatic nitrogens is 1. The van der Waals surface area contributed by atoms with Gasteiger partial charge in [0.15, 0.2) is 0 Å². The number of rotatable bonds is 1. The maximum Gasteiger partial charge on any atom is 0.255 e. The molecule has 0 atom stereocenters. The lowest BCUT2D eigenvalue weighted by Crippen LogP contribution is -2.36. The third-order valence-corrected chi connectivity index (χ3v) is 3.75. The molecule has 0 spiro atoms. The van der Waals surface area contributed by atoms with Gasteiger partial charge in [-0.2, -0.15) is 0 Å². The van der Waals surface area contributed by atoms with E-state index in [1.54, 1.807) is 19.3 Å². The molecule has 1 aromatic heterocycles. The minimum absolute atomic E-state index is 0.0184. The van der Waals surface area contributed by atoms with Gasteiger partial charge >= 0.3 is 0 Å². The molecule has 0 fully saturated rings. The maximum atomic E-state index is 12.5. The smallest absolute Gasteiger partial charge is 0.255 e. The highest BCUT2D eigenvalue weighted by atomic mass is 16.2. The fraction of sp³-hybridized carbons (Fsp3) is 0.250. The van der Waals surface area contributed by atoms with E-state index in [9.17, 15) is 9.59 Å². The Morgan fingerprint density at radius 3 is 2.60 bits per heavy atom. The van der Waals surface area contributed by atoms with E-state index in [0.29, 0.717) is 12.1 Å². The summed E-state index contributed by atoms with van der Waals surface area (Å²) in [5.41, 5.74) is 2.98. The van der Waals surface area contributed by atoms with Crippen LogP contribution >= 0.6 is 0 Å². The van der Waals surface area contributed by atoms with Crippen molar-refractivity contribution in [2.75, 3.05) is 6.54 Å². The molecule has 0 bridgehead atoms. The van der Waals surface area contributed by atoms with Crippen LogP contribution in [0.4, 0.5) is 0 Å². The van der Waals surface area contributed by atoms with Gasteiger partial charge < -0.3 is 9.47 Å². The predicted molar refractivity (Wildman–Crippen MR) is 76.6 cm³/mol. The Balaban J connectivity index is 1.85. The van der Waals surface area contributed by atoms with Gasteiger partial charge in [-0.05, 0) is 23.6 Å². The Labute approximate surface area is 117 Å². The average Bonchev–Trinajstić information content (AvgIpc) is 2.49. The van der Waals surface area contributed by atoms with Gasteiger partial charge in [0.1, 0.15) is 0 Å². The molecule has 2 heterocycles. The van der Waals surface area contributed by atoms with Crippen LogP contribution in [0.15, 0.2) is 47.4 Å². The molecule has 1 aromatic carbocycles. The van der Waals surface area contributed by atoms with E-state index in [1.807, 2.05) is 17.0 Å². The quantitative estimate of drug-likeness (QED) is 0.788. The lowest BCUT2D eigenvalue weighted by Gasteiger charge is -2.29. The summed E-state index contributed by atoms with van der Waals surface area (Å²) < 4.78 is 1.44. The Hall–Kier alpha value is -2.36. The van der Waals surface area contributed by atoms with Gasteiger partial charge in [0.25, 0.3) is 5.91 Å². The topological polar surface area (TPSA) is 42.3 Å². The van der Waals surface area contributed by atoms with E-state index in [4.69, 9.17) is 0 Å². The van der Waals surface area contributed by atoms with Crippen LogP contribution in [0, 0.1) is 0 Å². The summed E-state index contributed by atoms with van der Waals surface area (Å²) in [5, 5.41) is 0. The number of carbonyl (C=O) groups excluding carboxylic acids is 1. The molecule has 0 radical (unpaired) electrons. The zero-order valence-electron chi connectivity index (χ0n) is 11.4. The number of amides is 1. The van der Waals surface area contributed by atoms with E-state index in [0.717, 1.165) is 13.0 Å². The zero-order chi connectivity index (χ0) is 14.1. The Kier molecular flexibility index (Phi) is 3.14. The van der Waals surface area contributed by atoms with E-state index in [2.05, 4.69) is 12.1 Å². The number of pyridine rings is 1. The average molecular weight is 268 g/mol. The molecule has 20 heavy (non-hydrogen) atoms. The molecule has 0 saturated carbocycles. The van der Waals surface area contributed by atoms with Gasteiger partial charge in [-0.3, -0.25) is 9.59 Å². The number of fused-ring (bicyclic) bond motifs is 1. The molecule has 0 unspecified atom stereocenters. The highest BCUT2D eigenvalue weighted by Gasteiger charge is 2.21. The zero-order valence-corrected chi connectivity index (χ0v) is 11.4. The van der Waals surface area contributed by atoms with Crippen LogP contribution < -0.4 is 5.56 Å². The van der Waals surface area contributed by atoms with Gasteiger partial charge in [0, 0.05) is 32.4 Å². The maximum absolute atomic E-state index is 12.5. The fourth-order valence-corrected chi connectivity index (χ4v) is 2.57. The Morgan fingerprint density at radius 2 is 1.85 bits per heavy atom. The Morgan fingerprint density at radius 1 is 1.10 bits per heavy atom. The number of hydrogen-bond donors (Lipinski definition) is 0. The van der Waals surface area contributed by atoms with Crippen LogP contribution in [-0.2, 0) is 20.0 Å². The van der Waals surface area contributed by atoms with Crippen molar-refractivity contribution in [3.63, 3.8) is 0 Å². The second-order valence-corrected chi connectivity index (χ2v) is 5.11. The standard InChI is InChI=1S/C16H16N2O2/c1-17-10-14(6-7-15(17)19)16(20)18-9-8-12-4-2-3-5-13(12)11-18/h2-7,10H,8-9,11H2,1H3. The number of carbonyl (C=O) groups is 1. The first kappa shape index (κ1) is 12.7. The lowest BCUT2D eigenvalue weighted by atomic mass is 9.99. The summed E-state index contributed by atoms with van der Waals surface area (Å²) in [5.74, 6) is -0.0184. The summed E-state index contributed by atoms with van der Waals surface area (Å²) >= 11 is 0. The Bertz CT molecular complexity index is 718. The van der Waals surface area contributed by atoms with Crippen LogP contribution in [0.3, 0.4) is 0 Å². The first-order valence-corrected chi connectivity index (χ1v) is 6.68. The summed E-state index contributed by atoms with van der Waals surface area (Å²) in [4.78, 5) is 25.7. The van der Waals surface area contributed by atoms with Crippen LogP contribution in [-0.4, -0.2) is 21.9 Å². The molecule has 1 amide bonds. The molecule has 2 aromatic rings. The van der Waals surface area contributed by atoms with Crippen LogP contribution in [0.2, 0.25) is 0 Å². The van der Waals surface area contributed by atoms with Crippen molar-refractivity contribution in [2.24, 2.45) is 7.05 Å². The first-order chi connectivity index (χ1) is 9.65. The van der Waals surface area contributed by atoms with Crippen molar-refractivity contribution >= 4 is 5.91 Å². The summed E-state index contributed by atoms with van der Waals surface area (Å²) in [7, 11) is 1.66. The second kappa shape index (κ2) is 4.96. The van der Waals surface area contributed by atoms with E-state index in [-0.39, 0.29) is 11.5 Å². The number of aryl methyl sites for hydroxylation is 1. The third kappa shape index (κ3) is 2.25. The molecule has 0 aliphatic carbocycles. The largest absolute Gasteiger partial charge is 0.334 e. The van der Waals surface area contributed by atoms with Gasteiger partial charge in [0.2, 0.25) is 5.56 Å². The van der Waals surface area contributed by atoms with Gasteiger partial charge in [-0.1, -0.05) is 24.3 Å². The number of nitrogens with zero attached hydrogens (tertiary/aromatic N) is 2. The van der Waals surface area contributed by atoms with Crippen LogP contribution in [0.25, 0.3) is 0 Å². The van der Waals surface area contributed by atoms with E-state index in [1.165, 1.54) is 21.8 Å². The number of benzene rings is 1. The van der Waals surface area contributed by atoms with Crippen molar-refractivity contribution in [3.8, 4) is 0 Å². The van der Waals surface area contributed by atoms with Crippen LogP contribution in [0.1, 0.15) is 21.5 Å². The molecule has 0 N–H and O–H groups in total. The normalized spacial score (nSPS) is 13.9. The fourth-order valence-electron chi connectivity index (χ4n) is 2.57. The highest BCUT2D eigenvalue weighted by Crippen LogP contribution is 2.19. The monoisotopic (exact) mass is 268 g/mol. The highest BCUT2D eigenvalue weighted by molar-refractivity contribution is 5.94. The summed E-state index contributed by atoms with van der Waals surface area (Å²) in [6.07, 6.45) is 2.48. The molecule has 3 rings (SSSR count). The van der Waals surface area contributed by atoms with Crippen LogP contribution in [0.5, 0.6) is 0 Å². The van der Waals surface area contributed by atoms with Crippen molar-refractivity contribution in [1.29, 1.82) is 0 Å². The SMILES string of the molecule is Cn1cc(C(=O)N2CCc3ccccc3C2)ccc1=O. The predicted octanol–water partition coefficient (Wildman–Crippen LogP) is 1.58. The minimum atomic E-state index is -0.106. The van der Waals surface area contributed by atoms with Crippen molar-refractivity contribution in [3.05, 3.63) is 69.6 Å². The molecule has 0 saturated heterocycles. The van der Waals surface area contributed by atoms with Crippen molar-refractivity contribution in [2.45, 2.75) is 13.0 Å². The van der Waals surface area contributed by atoms with Crippen molar-refractivity contribution in [1.82, 2.24) is 9.47 Å². The molecular formula is C16H16N2O2. The molecule has 102 valence electrons. The molecule has 1 aliphatic rings. The van der Waals surface area contributed by atoms with Crippen molar-refractivity contribution < 1.29 is 4.79 Å². The molecule has 4 nitrogen and oxygen atoms in total. The first-order valence-electron chi connectivity index (χ1n) is 6.68. The number of hydrogen-bond acceptors (Lipinski definition) is 2. The minimum Gasteiger partial charge on any atom is -0.334 e. The second-order valence-electron chi connectivity index (χ2n) is 5.11. The van der Waals surface area contributed by atoms with Gasteiger partial charge in [0.05, 0.1) is 5.56 Å². The molecule has 1 aliphatic heterocycles. The van der Waals surface area contributed by atoms with E-state index < -0.39 is 0 Å². The lowest BCUT2D eigenvalue weighted by molar-refractivity contribution is 0.0734. The summed E-state index contributed by atoms with van der Waals surface area (Å²) in [6.45, 7) is 1.36. The van der Waals surface area contributed by atoms with Gasteiger partial charge in [-0.25, -0.2) is 0 Å². The molecule has 4 heteroatoms.